The van der Waals surface area contributed by atoms with E-state index in [1.165, 1.54) is 12.8 Å². The molecule has 1 heterocycles. The first-order valence-electron chi connectivity index (χ1n) is 8.66. The van der Waals surface area contributed by atoms with Gasteiger partial charge in [-0.3, -0.25) is 0 Å². The number of nitrogens with one attached hydrogen (secondary N) is 1. The highest BCUT2D eigenvalue weighted by atomic mass is 16.6. The summed E-state index contributed by atoms with van der Waals surface area (Å²) in [4.78, 5) is 15.9. The van der Waals surface area contributed by atoms with Gasteiger partial charge < -0.3 is 14.6 Å². The third kappa shape index (κ3) is 8.05. The fourth-order valence-corrected chi connectivity index (χ4v) is 2.49. The predicted octanol–water partition coefficient (Wildman–Crippen LogP) is 4.34. The number of nitrogens with zero attached hydrogens (tertiary/aromatic N) is 2. The van der Waals surface area contributed by atoms with Crippen molar-refractivity contribution in [2.24, 2.45) is 5.92 Å². The van der Waals surface area contributed by atoms with Gasteiger partial charge in [-0.05, 0) is 40.0 Å². The van der Waals surface area contributed by atoms with Gasteiger partial charge in [-0.15, -0.1) is 0 Å². The molecule has 1 amide bonds. The maximum absolute atomic E-state index is 11.7. The Kier molecular flexibility index (Phi) is 7.59. The molecule has 1 rings (SSSR count). The molecule has 0 saturated heterocycles. The van der Waals surface area contributed by atoms with Crippen LogP contribution in [0.4, 0.5) is 4.79 Å². The van der Waals surface area contributed by atoms with Crippen LogP contribution in [0.5, 0.6) is 0 Å². The largest absolute Gasteiger partial charge is 0.444 e. The molecule has 1 aromatic heterocycles. The second-order valence-electron chi connectivity index (χ2n) is 7.64. The molecule has 1 N–H and O–H groups in total. The van der Waals surface area contributed by atoms with E-state index in [-0.39, 0.29) is 6.09 Å². The molecule has 0 bridgehead atoms. The van der Waals surface area contributed by atoms with Crippen molar-refractivity contribution in [3.8, 4) is 0 Å². The SMILES string of the molecule is CC(C)CCCC(C)n1cncc1CCNC(=O)OC(C)(C)C. The molecule has 132 valence electrons. The maximum Gasteiger partial charge on any atom is 0.407 e. The van der Waals surface area contributed by atoms with Gasteiger partial charge >= 0.3 is 6.09 Å². The van der Waals surface area contributed by atoms with Gasteiger partial charge in [0.05, 0.1) is 6.33 Å². The summed E-state index contributed by atoms with van der Waals surface area (Å²) in [5.74, 6) is 0.752. The van der Waals surface area contributed by atoms with Crippen LogP contribution in [0, 0.1) is 5.92 Å². The molecule has 0 fully saturated rings. The van der Waals surface area contributed by atoms with E-state index < -0.39 is 5.60 Å². The van der Waals surface area contributed by atoms with E-state index in [1.807, 2.05) is 33.3 Å². The van der Waals surface area contributed by atoms with Crippen molar-refractivity contribution in [2.75, 3.05) is 6.54 Å². The van der Waals surface area contributed by atoms with Crippen molar-refractivity contribution in [1.29, 1.82) is 0 Å². The van der Waals surface area contributed by atoms with Crippen LogP contribution in [0.1, 0.15) is 72.5 Å². The zero-order valence-corrected chi connectivity index (χ0v) is 15.6. The molecule has 0 aliphatic carbocycles. The number of imidazole rings is 1. The normalized spacial score (nSPS) is 13.2. The maximum atomic E-state index is 11.7. The summed E-state index contributed by atoms with van der Waals surface area (Å²) in [5.41, 5.74) is 0.690. The first kappa shape index (κ1) is 19.5. The van der Waals surface area contributed by atoms with Gasteiger partial charge in [0.15, 0.2) is 0 Å². The minimum absolute atomic E-state index is 0.367. The third-order valence-electron chi connectivity index (χ3n) is 3.67. The van der Waals surface area contributed by atoms with Crippen LogP contribution >= 0.6 is 0 Å². The summed E-state index contributed by atoms with van der Waals surface area (Å²) in [5, 5.41) is 2.80. The molecule has 5 heteroatoms. The van der Waals surface area contributed by atoms with Crippen LogP contribution in [0.3, 0.4) is 0 Å². The molecule has 5 nitrogen and oxygen atoms in total. The van der Waals surface area contributed by atoms with Crippen LogP contribution < -0.4 is 5.32 Å². The van der Waals surface area contributed by atoms with E-state index in [9.17, 15) is 4.79 Å². The molecule has 0 saturated carbocycles. The molecule has 0 aliphatic rings. The number of aromatic nitrogens is 2. The third-order valence-corrected chi connectivity index (χ3v) is 3.67. The number of hydrogen-bond acceptors (Lipinski definition) is 3. The second kappa shape index (κ2) is 8.94. The first-order chi connectivity index (χ1) is 10.7. The summed E-state index contributed by atoms with van der Waals surface area (Å²) in [6, 6.07) is 0.438. The van der Waals surface area contributed by atoms with Crippen molar-refractivity contribution in [3.63, 3.8) is 0 Å². The summed E-state index contributed by atoms with van der Waals surface area (Å²) >= 11 is 0. The van der Waals surface area contributed by atoms with E-state index in [0.29, 0.717) is 12.6 Å². The lowest BCUT2D eigenvalue weighted by atomic mass is 10.0. The number of carbonyl (C=O) groups is 1. The van der Waals surface area contributed by atoms with Crippen molar-refractivity contribution in [2.45, 2.75) is 78.9 Å². The Morgan fingerprint density at radius 1 is 1.30 bits per heavy atom. The molecule has 0 aromatic carbocycles. The van der Waals surface area contributed by atoms with Crippen molar-refractivity contribution < 1.29 is 9.53 Å². The first-order valence-corrected chi connectivity index (χ1v) is 8.66. The van der Waals surface area contributed by atoms with Gasteiger partial charge in [-0.25, -0.2) is 9.78 Å². The topological polar surface area (TPSA) is 56.2 Å². The van der Waals surface area contributed by atoms with Crippen LogP contribution in [0.25, 0.3) is 0 Å². The number of carbonyl (C=O) groups excluding carboxylic acids is 1. The fourth-order valence-electron chi connectivity index (χ4n) is 2.49. The van der Waals surface area contributed by atoms with Gasteiger partial charge in [0, 0.05) is 30.9 Å². The quantitative estimate of drug-likeness (QED) is 0.774. The van der Waals surface area contributed by atoms with E-state index in [2.05, 4.69) is 35.6 Å². The summed E-state index contributed by atoms with van der Waals surface area (Å²) in [6.07, 6.45) is 7.81. The minimum atomic E-state index is -0.462. The van der Waals surface area contributed by atoms with Crippen LogP contribution in [0.2, 0.25) is 0 Å². The Labute approximate surface area is 140 Å². The monoisotopic (exact) mass is 323 g/mol. The lowest BCUT2D eigenvalue weighted by Gasteiger charge is -2.20. The lowest BCUT2D eigenvalue weighted by Crippen LogP contribution is -2.33. The molecule has 0 spiro atoms. The highest BCUT2D eigenvalue weighted by Crippen LogP contribution is 2.19. The molecular weight excluding hydrogens is 290 g/mol. The van der Waals surface area contributed by atoms with Crippen molar-refractivity contribution in [1.82, 2.24) is 14.9 Å². The van der Waals surface area contributed by atoms with Crippen LogP contribution in [-0.2, 0) is 11.2 Å². The number of rotatable bonds is 8. The summed E-state index contributed by atoms with van der Waals surface area (Å²) in [7, 11) is 0. The number of ether oxygens (including phenoxy) is 1. The van der Waals surface area contributed by atoms with Gasteiger partial charge in [0.25, 0.3) is 0 Å². The molecule has 1 aromatic rings. The van der Waals surface area contributed by atoms with Gasteiger partial charge in [-0.1, -0.05) is 26.7 Å². The molecule has 0 radical (unpaired) electrons. The van der Waals surface area contributed by atoms with Gasteiger partial charge in [0.1, 0.15) is 5.60 Å². The van der Waals surface area contributed by atoms with Crippen molar-refractivity contribution >= 4 is 6.09 Å². The molecule has 1 unspecified atom stereocenters. The highest BCUT2D eigenvalue weighted by Gasteiger charge is 2.16. The second-order valence-corrected chi connectivity index (χ2v) is 7.64. The highest BCUT2D eigenvalue weighted by molar-refractivity contribution is 5.67. The van der Waals surface area contributed by atoms with E-state index in [1.54, 1.807) is 0 Å². The predicted molar refractivity (Wildman–Crippen MR) is 93.6 cm³/mol. The smallest absolute Gasteiger partial charge is 0.407 e. The lowest BCUT2D eigenvalue weighted by molar-refractivity contribution is 0.0528. The Hall–Kier alpha value is -1.52. The average molecular weight is 323 g/mol. The molecular formula is C18H33N3O2. The Morgan fingerprint density at radius 2 is 2.00 bits per heavy atom. The Balaban J connectivity index is 2.41. The zero-order valence-electron chi connectivity index (χ0n) is 15.6. The molecule has 0 aliphatic heterocycles. The Bertz CT molecular complexity index is 475. The van der Waals surface area contributed by atoms with Gasteiger partial charge in [-0.2, -0.15) is 0 Å². The van der Waals surface area contributed by atoms with Gasteiger partial charge in [0.2, 0.25) is 0 Å². The molecule has 1 atom stereocenters. The summed E-state index contributed by atoms with van der Waals surface area (Å²) < 4.78 is 7.46. The van der Waals surface area contributed by atoms with E-state index in [4.69, 9.17) is 4.74 Å². The standard InChI is InChI=1S/C18H33N3O2/c1-14(2)8-7-9-15(3)21-13-19-12-16(21)10-11-20-17(22)23-18(4,5)6/h12-15H,7-11H2,1-6H3,(H,20,22). The van der Waals surface area contributed by atoms with Crippen LogP contribution in [-0.4, -0.2) is 27.8 Å². The number of amides is 1. The zero-order chi connectivity index (χ0) is 17.5. The number of hydrogen-bond donors (Lipinski definition) is 1. The minimum Gasteiger partial charge on any atom is -0.444 e. The Morgan fingerprint density at radius 3 is 2.61 bits per heavy atom. The number of alkyl carbamates (subject to hydrolysis) is 1. The van der Waals surface area contributed by atoms with Crippen molar-refractivity contribution in [3.05, 3.63) is 18.2 Å². The fraction of sp³-hybridized carbons (Fsp3) is 0.778. The van der Waals surface area contributed by atoms with E-state index in [0.717, 1.165) is 24.5 Å². The summed E-state index contributed by atoms with van der Waals surface area (Å²) in [6.45, 7) is 12.9. The van der Waals surface area contributed by atoms with Crippen LogP contribution in [0.15, 0.2) is 12.5 Å². The average Bonchev–Trinajstić information content (AvgIpc) is 2.84. The van der Waals surface area contributed by atoms with E-state index >= 15 is 0 Å². The molecule has 23 heavy (non-hydrogen) atoms.